The van der Waals surface area contributed by atoms with Gasteiger partial charge in [-0.3, -0.25) is 9.98 Å². The predicted octanol–water partition coefficient (Wildman–Crippen LogP) is 6.78. The first-order chi connectivity index (χ1) is 13.4. The molecule has 0 aromatic heterocycles. The molecule has 0 saturated heterocycles. The van der Waals surface area contributed by atoms with Crippen molar-refractivity contribution in [3.63, 3.8) is 0 Å². The first-order valence-corrected chi connectivity index (χ1v) is 11.1. The fourth-order valence-corrected chi connectivity index (χ4v) is 4.14. The molecule has 0 unspecified atom stereocenters. The van der Waals surface area contributed by atoms with Gasteiger partial charge in [-0.15, -0.1) is 0 Å². The maximum Gasteiger partial charge on any atom is 0.140 e. The number of hydrogen-bond donors (Lipinski definition) is 2. The minimum Gasteiger partial charge on any atom is -0.506 e. The summed E-state index contributed by atoms with van der Waals surface area (Å²) >= 11 is 18.5. The Morgan fingerprint density at radius 1 is 0.786 bits per heavy atom. The van der Waals surface area contributed by atoms with Crippen molar-refractivity contribution >= 4 is 67.5 Å². The third-order valence-corrected chi connectivity index (χ3v) is 7.40. The van der Waals surface area contributed by atoms with E-state index in [0.717, 1.165) is 25.7 Å². The van der Waals surface area contributed by atoms with Crippen molar-refractivity contribution in [3.05, 3.63) is 54.4 Å². The van der Waals surface area contributed by atoms with Crippen LogP contribution < -0.4 is 0 Å². The third kappa shape index (κ3) is 4.90. The number of phenols is 2. The SMILES string of the molecule is Oc1c(C=N[C@@H]2CCCC[C@H]2N=Cc2ccc(Cl)c(Br)c2O)ccc(Cl)c1Br. The van der Waals surface area contributed by atoms with E-state index in [1.807, 2.05) is 0 Å². The first kappa shape index (κ1) is 21.6. The van der Waals surface area contributed by atoms with Crippen molar-refractivity contribution < 1.29 is 10.2 Å². The summed E-state index contributed by atoms with van der Waals surface area (Å²) in [4.78, 5) is 9.35. The van der Waals surface area contributed by atoms with Crippen LogP contribution in [0.3, 0.4) is 0 Å². The summed E-state index contributed by atoms with van der Waals surface area (Å²) in [7, 11) is 0. The molecule has 4 nitrogen and oxygen atoms in total. The number of nitrogens with zero attached hydrogens (tertiary/aromatic N) is 2. The Labute approximate surface area is 190 Å². The van der Waals surface area contributed by atoms with Gasteiger partial charge in [-0.2, -0.15) is 0 Å². The molecule has 0 bridgehead atoms. The third-order valence-electron chi connectivity index (χ3n) is 4.70. The zero-order valence-corrected chi connectivity index (χ0v) is 19.4. The monoisotopic (exact) mass is 546 g/mol. The Morgan fingerprint density at radius 2 is 1.18 bits per heavy atom. The van der Waals surface area contributed by atoms with Gasteiger partial charge in [-0.1, -0.05) is 36.0 Å². The molecule has 1 fully saturated rings. The van der Waals surface area contributed by atoms with Crippen molar-refractivity contribution in [1.82, 2.24) is 0 Å². The van der Waals surface area contributed by atoms with E-state index in [4.69, 9.17) is 23.2 Å². The zero-order valence-electron chi connectivity index (χ0n) is 14.7. The van der Waals surface area contributed by atoms with Crippen LogP contribution in [-0.4, -0.2) is 34.7 Å². The smallest absolute Gasteiger partial charge is 0.140 e. The van der Waals surface area contributed by atoms with Gasteiger partial charge in [-0.25, -0.2) is 0 Å². The lowest BCUT2D eigenvalue weighted by molar-refractivity contribution is 0.390. The van der Waals surface area contributed by atoms with Crippen LogP contribution in [0, 0.1) is 0 Å². The molecule has 0 spiro atoms. The highest BCUT2D eigenvalue weighted by molar-refractivity contribution is 9.11. The highest BCUT2D eigenvalue weighted by Gasteiger charge is 2.23. The van der Waals surface area contributed by atoms with Gasteiger partial charge in [0.25, 0.3) is 0 Å². The highest BCUT2D eigenvalue weighted by atomic mass is 79.9. The predicted molar refractivity (Wildman–Crippen MR) is 123 cm³/mol. The molecule has 1 aliphatic rings. The van der Waals surface area contributed by atoms with E-state index >= 15 is 0 Å². The van der Waals surface area contributed by atoms with Gasteiger partial charge >= 0.3 is 0 Å². The lowest BCUT2D eigenvalue weighted by Gasteiger charge is -2.25. The van der Waals surface area contributed by atoms with Crippen LogP contribution in [0.15, 0.2) is 43.2 Å². The molecule has 148 valence electrons. The molecular weight excluding hydrogens is 531 g/mol. The molecule has 0 amide bonds. The molecular formula is C20H18Br2Cl2N2O2. The highest BCUT2D eigenvalue weighted by Crippen LogP contribution is 2.35. The number of rotatable bonds is 4. The zero-order chi connectivity index (χ0) is 20.3. The van der Waals surface area contributed by atoms with Gasteiger partial charge in [0.05, 0.1) is 31.1 Å². The molecule has 28 heavy (non-hydrogen) atoms. The van der Waals surface area contributed by atoms with E-state index in [-0.39, 0.29) is 23.6 Å². The lowest BCUT2D eigenvalue weighted by atomic mass is 9.91. The standard InChI is InChI=1S/C20H18Br2Cl2N2O2/c21-17-13(23)7-5-11(19(17)27)9-25-15-3-1-2-4-16(15)26-10-12-6-8-14(24)18(22)20(12)28/h5-10,15-16,27-28H,1-4H2/t15-,16-/m1/s1. The van der Waals surface area contributed by atoms with Crippen LogP contribution in [0.4, 0.5) is 0 Å². The molecule has 2 N–H and O–H groups in total. The largest absolute Gasteiger partial charge is 0.506 e. The van der Waals surface area contributed by atoms with E-state index in [0.29, 0.717) is 30.1 Å². The fraction of sp³-hybridized carbons (Fsp3) is 0.300. The summed E-state index contributed by atoms with van der Waals surface area (Å²) in [6.07, 6.45) is 7.36. The van der Waals surface area contributed by atoms with Crippen molar-refractivity contribution in [3.8, 4) is 11.5 Å². The Kier molecular flexibility index (Phi) is 7.42. The number of phenolic OH excluding ortho intramolecular Hbond substituents is 2. The second-order valence-electron chi connectivity index (χ2n) is 6.57. The molecule has 1 aliphatic carbocycles. The van der Waals surface area contributed by atoms with Gasteiger partial charge in [0.15, 0.2) is 0 Å². The van der Waals surface area contributed by atoms with Gasteiger partial charge in [0.2, 0.25) is 0 Å². The molecule has 1 saturated carbocycles. The number of aromatic hydroxyl groups is 2. The van der Waals surface area contributed by atoms with Crippen LogP contribution in [0.1, 0.15) is 36.8 Å². The summed E-state index contributed by atoms with van der Waals surface area (Å²) in [6.45, 7) is 0. The van der Waals surface area contributed by atoms with Crippen molar-refractivity contribution in [2.45, 2.75) is 37.8 Å². The molecule has 8 heteroatoms. The van der Waals surface area contributed by atoms with Gasteiger partial charge in [0, 0.05) is 23.6 Å². The molecule has 0 heterocycles. The van der Waals surface area contributed by atoms with E-state index < -0.39 is 0 Å². The maximum absolute atomic E-state index is 10.2. The Morgan fingerprint density at radius 3 is 1.57 bits per heavy atom. The second kappa shape index (κ2) is 9.61. The van der Waals surface area contributed by atoms with Crippen molar-refractivity contribution in [1.29, 1.82) is 0 Å². The Balaban J connectivity index is 1.79. The molecule has 3 rings (SSSR count). The molecule has 0 radical (unpaired) electrons. The Hall–Kier alpha value is -1.08. The summed E-state index contributed by atoms with van der Waals surface area (Å²) in [5.41, 5.74) is 1.20. The minimum atomic E-state index is 0.0109. The van der Waals surface area contributed by atoms with Crippen LogP contribution in [0.5, 0.6) is 11.5 Å². The molecule has 2 atom stereocenters. The molecule has 2 aromatic rings. The number of hydrogen-bond acceptors (Lipinski definition) is 4. The van der Waals surface area contributed by atoms with E-state index in [1.165, 1.54) is 0 Å². The number of aliphatic imine (C=N–C) groups is 2. The Bertz CT molecular complexity index is 859. The van der Waals surface area contributed by atoms with Crippen molar-refractivity contribution in [2.24, 2.45) is 9.98 Å². The average Bonchev–Trinajstić information content (AvgIpc) is 2.70. The number of benzene rings is 2. The van der Waals surface area contributed by atoms with Crippen LogP contribution in [0.25, 0.3) is 0 Å². The molecule has 2 aromatic carbocycles. The summed E-state index contributed by atoms with van der Waals surface area (Å²) < 4.78 is 0.917. The first-order valence-electron chi connectivity index (χ1n) is 8.78. The van der Waals surface area contributed by atoms with Gasteiger partial charge in [0.1, 0.15) is 11.5 Å². The van der Waals surface area contributed by atoms with Crippen LogP contribution in [-0.2, 0) is 0 Å². The van der Waals surface area contributed by atoms with Crippen molar-refractivity contribution in [2.75, 3.05) is 0 Å². The fourth-order valence-electron chi connectivity index (χ4n) is 3.11. The molecule has 0 aliphatic heterocycles. The van der Waals surface area contributed by atoms with E-state index in [9.17, 15) is 10.2 Å². The average molecular weight is 549 g/mol. The minimum absolute atomic E-state index is 0.0109. The topological polar surface area (TPSA) is 65.2 Å². The van der Waals surface area contributed by atoms with Gasteiger partial charge in [-0.05, 0) is 69.0 Å². The van der Waals surface area contributed by atoms with Crippen LogP contribution >= 0.6 is 55.1 Å². The maximum atomic E-state index is 10.2. The summed E-state index contributed by atoms with van der Waals surface area (Å²) in [6, 6.07) is 6.91. The lowest BCUT2D eigenvalue weighted by Crippen LogP contribution is -2.27. The summed E-state index contributed by atoms with van der Waals surface area (Å²) in [5.74, 6) is 0.145. The second-order valence-corrected chi connectivity index (χ2v) is 8.97. The normalized spacial score (nSPS) is 20.3. The van der Waals surface area contributed by atoms with E-state index in [2.05, 4.69) is 41.8 Å². The van der Waals surface area contributed by atoms with Crippen LogP contribution in [0.2, 0.25) is 10.0 Å². The summed E-state index contributed by atoms with van der Waals surface area (Å²) in [5, 5.41) is 21.3. The van der Waals surface area contributed by atoms with Gasteiger partial charge < -0.3 is 10.2 Å². The quantitative estimate of drug-likeness (QED) is 0.414. The number of halogens is 4. The van der Waals surface area contributed by atoms with E-state index in [1.54, 1.807) is 36.7 Å².